The first-order valence-electron chi connectivity index (χ1n) is 7.97. The summed E-state index contributed by atoms with van der Waals surface area (Å²) in [6, 6.07) is 7.18. The number of rotatable bonds is 5. The Balaban J connectivity index is 2.03. The fraction of sp³-hybridized carbons (Fsp3) is 0.368. The van der Waals surface area contributed by atoms with Crippen molar-refractivity contribution in [2.24, 2.45) is 0 Å². The summed E-state index contributed by atoms with van der Waals surface area (Å²) in [4.78, 5) is 23.8. The van der Waals surface area contributed by atoms with Crippen LogP contribution in [-0.2, 0) is 22.3 Å². The number of aryl methyl sites for hydroxylation is 2. The lowest BCUT2D eigenvalue weighted by molar-refractivity contribution is 0.00693. The number of carbonyl (C=O) groups excluding carboxylic acids is 2. The van der Waals surface area contributed by atoms with E-state index in [4.69, 9.17) is 19.6 Å². The SMILES string of the molecule is COC(=O)c1c(CCc2ccc(C(=O)OC(C)(C)C)cc2)coc1N. The molecular formula is C19H23NO5. The molecule has 0 aliphatic heterocycles. The predicted molar refractivity (Wildman–Crippen MR) is 93.5 cm³/mol. The van der Waals surface area contributed by atoms with E-state index < -0.39 is 11.6 Å². The van der Waals surface area contributed by atoms with Gasteiger partial charge < -0.3 is 19.6 Å². The molecule has 1 aromatic heterocycles. The van der Waals surface area contributed by atoms with Crippen LogP contribution in [0.15, 0.2) is 34.9 Å². The number of ether oxygens (including phenoxy) is 2. The summed E-state index contributed by atoms with van der Waals surface area (Å²) in [5.41, 5.74) is 7.63. The van der Waals surface area contributed by atoms with E-state index in [0.717, 1.165) is 5.56 Å². The second kappa shape index (κ2) is 7.42. The molecule has 6 heteroatoms. The smallest absolute Gasteiger partial charge is 0.343 e. The monoisotopic (exact) mass is 345 g/mol. The van der Waals surface area contributed by atoms with E-state index in [0.29, 0.717) is 24.0 Å². The van der Waals surface area contributed by atoms with Crippen LogP contribution in [0.2, 0.25) is 0 Å². The average Bonchev–Trinajstić information content (AvgIpc) is 2.92. The van der Waals surface area contributed by atoms with Crippen LogP contribution in [0.3, 0.4) is 0 Å². The van der Waals surface area contributed by atoms with E-state index in [-0.39, 0.29) is 17.4 Å². The summed E-state index contributed by atoms with van der Waals surface area (Å²) in [5.74, 6) is -0.807. The highest BCUT2D eigenvalue weighted by Crippen LogP contribution is 2.22. The minimum absolute atomic E-state index is 0.0575. The average molecular weight is 345 g/mol. The summed E-state index contributed by atoms with van der Waals surface area (Å²) in [6.45, 7) is 5.48. The van der Waals surface area contributed by atoms with E-state index in [2.05, 4.69) is 0 Å². The number of anilines is 1. The van der Waals surface area contributed by atoms with Crippen LogP contribution >= 0.6 is 0 Å². The van der Waals surface area contributed by atoms with Gasteiger partial charge in [0, 0.05) is 5.56 Å². The molecule has 0 saturated heterocycles. The highest BCUT2D eigenvalue weighted by Gasteiger charge is 2.20. The van der Waals surface area contributed by atoms with Crippen molar-refractivity contribution in [1.29, 1.82) is 0 Å². The van der Waals surface area contributed by atoms with Crippen molar-refractivity contribution in [1.82, 2.24) is 0 Å². The van der Waals surface area contributed by atoms with Gasteiger partial charge in [0.05, 0.1) is 18.9 Å². The fourth-order valence-electron chi connectivity index (χ4n) is 2.35. The Morgan fingerprint density at radius 2 is 1.72 bits per heavy atom. The maximum Gasteiger partial charge on any atom is 0.343 e. The second-order valence-corrected chi connectivity index (χ2v) is 6.69. The first-order chi connectivity index (χ1) is 11.7. The van der Waals surface area contributed by atoms with Gasteiger partial charge in [-0.1, -0.05) is 12.1 Å². The van der Waals surface area contributed by atoms with Crippen molar-refractivity contribution in [3.63, 3.8) is 0 Å². The Morgan fingerprint density at radius 1 is 1.08 bits per heavy atom. The maximum atomic E-state index is 12.0. The molecule has 0 atom stereocenters. The molecule has 1 heterocycles. The van der Waals surface area contributed by atoms with Gasteiger partial charge in [-0.15, -0.1) is 0 Å². The Bertz CT molecular complexity index is 753. The zero-order valence-corrected chi connectivity index (χ0v) is 14.9. The molecule has 2 aromatic rings. The summed E-state index contributed by atoms with van der Waals surface area (Å²) < 4.78 is 15.2. The molecule has 6 nitrogen and oxygen atoms in total. The van der Waals surface area contributed by atoms with Crippen LogP contribution in [0.4, 0.5) is 5.88 Å². The molecule has 134 valence electrons. The van der Waals surface area contributed by atoms with Crippen molar-refractivity contribution in [2.45, 2.75) is 39.2 Å². The normalized spacial score (nSPS) is 11.2. The van der Waals surface area contributed by atoms with Gasteiger partial charge in [-0.05, 0) is 51.3 Å². The molecule has 0 fully saturated rings. The molecule has 0 aliphatic rings. The standard InChI is InChI=1S/C19H23NO5/c1-19(2,3)25-17(21)13-8-5-12(6-9-13)7-10-14-11-24-16(20)15(14)18(22)23-4/h5-6,8-9,11H,7,10,20H2,1-4H3. The number of nitrogens with two attached hydrogens (primary N) is 1. The number of hydrogen-bond donors (Lipinski definition) is 1. The van der Waals surface area contributed by atoms with Crippen LogP contribution < -0.4 is 5.73 Å². The molecule has 2 rings (SSSR count). The molecular weight excluding hydrogens is 322 g/mol. The largest absolute Gasteiger partial charge is 0.465 e. The van der Waals surface area contributed by atoms with Crippen molar-refractivity contribution in [2.75, 3.05) is 12.8 Å². The summed E-state index contributed by atoms with van der Waals surface area (Å²) in [6.07, 6.45) is 2.70. The molecule has 2 N–H and O–H groups in total. The lowest BCUT2D eigenvalue weighted by atomic mass is 10.0. The Labute approximate surface area is 146 Å². The van der Waals surface area contributed by atoms with Crippen LogP contribution in [0.1, 0.15) is 52.6 Å². The minimum atomic E-state index is -0.527. The van der Waals surface area contributed by atoms with Gasteiger partial charge in [-0.25, -0.2) is 9.59 Å². The van der Waals surface area contributed by atoms with Crippen LogP contribution in [0.5, 0.6) is 0 Å². The van der Waals surface area contributed by atoms with E-state index in [1.807, 2.05) is 32.9 Å². The van der Waals surface area contributed by atoms with Crippen molar-refractivity contribution < 1.29 is 23.5 Å². The number of benzene rings is 1. The molecule has 0 unspecified atom stereocenters. The van der Waals surface area contributed by atoms with Crippen LogP contribution in [-0.4, -0.2) is 24.6 Å². The number of methoxy groups -OCH3 is 1. The van der Waals surface area contributed by atoms with Gasteiger partial charge in [0.1, 0.15) is 11.2 Å². The fourth-order valence-corrected chi connectivity index (χ4v) is 2.35. The summed E-state index contributed by atoms with van der Waals surface area (Å²) in [5, 5.41) is 0. The van der Waals surface area contributed by atoms with Crippen molar-refractivity contribution in [3.8, 4) is 0 Å². The van der Waals surface area contributed by atoms with Crippen molar-refractivity contribution in [3.05, 3.63) is 52.8 Å². The van der Waals surface area contributed by atoms with Crippen LogP contribution in [0, 0.1) is 0 Å². The van der Waals surface area contributed by atoms with E-state index >= 15 is 0 Å². The van der Waals surface area contributed by atoms with E-state index in [1.165, 1.54) is 13.4 Å². The van der Waals surface area contributed by atoms with Gasteiger partial charge >= 0.3 is 11.9 Å². The van der Waals surface area contributed by atoms with E-state index in [1.54, 1.807) is 12.1 Å². The highest BCUT2D eigenvalue weighted by atomic mass is 16.6. The lowest BCUT2D eigenvalue weighted by Crippen LogP contribution is -2.23. The molecule has 0 bridgehead atoms. The second-order valence-electron chi connectivity index (χ2n) is 6.69. The van der Waals surface area contributed by atoms with Gasteiger partial charge in [0.25, 0.3) is 0 Å². The molecule has 0 aliphatic carbocycles. The number of esters is 2. The predicted octanol–water partition coefficient (Wildman–Crippen LogP) is 3.39. The number of carbonyl (C=O) groups is 2. The number of furan rings is 1. The summed E-state index contributed by atoms with van der Waals surface area (Å²) in [7, 11) is 1.30. The van der Waals surface area contributed by atoms with E-state index in [9.17, 15) is 9.59 Å². The topological polar surface area (TPSA) is 91.8 Å². The Hall–Kier alpha value is -2.76. The van der Waals surface area contributed by atoms with Crippen LogP contribution in [0.25, 0.3) is 0 Å². The van der Waals surface area contributed by atoms with Gasteiger partial charge in [-0.2, -0.15) is 0 Å². The molecule has 0 amide bonds. The lowest BCUT2D eigenvalue weighted by Gasteiger charge is -2.19. The van der Waals surface area contributed by atoms with Gasteiger partial charge in [-0.3, -0.25) is 0 Å². The summed E-state index contributed by atoms with van der Waals surface area (Å²) >= 11 is 0. The van der Waals surface area contributed by atoms with Gasteiger partial charge in [0.2, 0.25) is 5.88 Å². The number of hydrogen-bond acceptors (Lipinski definition) is 6. The first-order valence-corrected chi connectivity index (χ1v) is 7.97. The first kappa shape index (κ1) is 18.6. The highest BCUT2D eigenvalue weighted by molar-refractivity contribution is 5.95. The molecule has 0 spiro atoms. The zero-order valence-electron chi connectivity index (χ0n) is 14.9. The third kappa shape index (κ3) is 4.86. The minimum Gasteiger partial charge on any atom is -0.465 e. The molecule has 25 heavy (non-hydrogen) atoms. The Morgan fingerprint density at radius 3 is 2.28 bits per heavy atom. The molecule has 0 radical (unpaired) electrons. The molecule has 1 aromatic carbocycles. The Kier molecular flexibility index (Phi) is 5.51. The third-order valence-electron chi connectivity index (χ3n) is 3.56. The van der Waals surface area contributed by atoms with Crippen molar-refractivity contribution >= 4 is 17.8 Å². The zero-order chi connectivity index (χ0) is 18.6. The quantitative estimate of drug-likeness (QED) is 0.835. The maximum absolute atomic E-state index is 12.0. The molecule has 0 saturated carbocycles. The number of nitrogen functional groups attached to an aromatic ring is 1. The van der Waals surface area contributed by atoms with Gasteiger partial charge in [0.15, 0.2) is 0 Å². The third-order valence-corrected chi connectivity index (χ3v) is 3.56.